The van der Waals surface area contributed by atoms with Crippen molar-refractivity contribution in [1.29, 1.82) is 0 Å². The molecule has 168 valence electrons. The molecule has 0 aliphatic carbocycles. The number of urea groups is 1. The minimum atomic E-state index is -1.30. The number of thioether (sulfide) groups is 1. The average molecular weight is 469 g/mol. The van der Waals surface area contributed by atoms with Gasteiger partial charge in [0.1, 0.15) is 5.82 Å². The quantitative estimate of drug-likeness (QED) is 0.582. The van der Waals surface area contributed by atoms with Crippen molar-refractivity contribution < 1.29 is 22.8 Å². The number of carbonyl (C=O) groups is 2. The van der Waals surface area contributed by atoms with E-state index in [0.717, 1.165) is 12.1 Å². The molecule has 5 rings (SSSR count). The molecule has 33 heavy (non-hydrogen) atoms. The molecule has 1 unspecified atom stereocenters. The lowest BCUT2D eigenvalue weighted by Gasteiger charge is -2.33. The van der Waals surface area contributed by atoms with E-state index in [2.05, 4.69) is 5.32 Å². The van der Waals surface area contributed by atoms with Crippen LogP contribution in [0.4, 0.5) is 29.3 Å². The maximum Gasteiger partial charge on any atom is 0.323 e. The molecule has 5 nitrogen and oxygen atoms in total. The molecule has 1 saturated heterocycles. The van der Waals surface area contributed by atoms with Gasteiger partial charge in [0.2, 0.25) is 0 Å². The van der Waals surface area contributed by atoms with Gasteiger partial charge < -0.3 is 10.2 Å². The van der Waals surface area contributed by atoms with Gasteiger partial charge in [0.25, 0.3) is 5.91 Å². The number of carbonyl (C=O) groups excluding carboxylic acids is 2. The number of halogens is 3. The maximum absolute atomic E-state index is 13.8. The fourth-order valence-corrected chi connectivity index (χ4v) is 5.76. The third-order valence-electron chi connectivity index (χ3n) is 5.75. The zero-order valence-corrected chi connectivity index (χ0v) is 18.0. The Morgan fingerprint density at radius 1 is 1.00 bits per heavy atom. The molecule has 0 saturated carbocycles. The van der Waals surface area contributed by atoms with Crippen LogP contribution in [0, 0.1) is 17.5 Å². The summed E-state index contributed by atoms with van der Waals surface area (Å²) in [5.74, 6) is -2.26. The van der Waals surface area contributed by atoms with Crippen molar-refractivity contribution >= 4 is 35.1 Å². The first-order valence-corrected chi connectivity index (χ1v) is 11.2. The Labute approximate surface area is 192 Å². The van der Waals surface area contributed by atoms with Crippen molar-refractivity contribution in [1.82, 2.24) is 4.90 Å². The van der Waals surface area contributed by atoms with E-state index in [1.807, 2.05) is 0 Å². The van der Waals surface area contributed by atoms with Gasteiger partial charge in [0.05, 0.1) is 12.2 Å². The summed E-state index contributed by atoms with van der Waals surface area (Å²) in [7, 11) is 0. The molecule has 2 aliphatic rings. The predicted octanol–water partition coefficient (Wildman–Crippen LogP) is 5.08. The second kappa shape index (κ2) is 8.15. The number of amides is 3. The van der Waals surface area contributed by atoms with Crippen LogP contribution in [0.25, 0.3) is 0 Å². The highest BCUT2D eigenvalue weighted by atomic mass is 32.2. The molecule has 0 bridgehead atoms. The molecule has 1 spiro atoms. The summed E-state index contributed by atoms with van der Waals surface area (Å²) in [4.78, 5) is 28.7. The highest BCUT2D eigenvalue weighted by molar-refractivity contribution is 8.01. The number of rotatable bonds is 3. The number of anilines is 2. The van der Waals surface area contributed by atoms with Gasteiger partial charge in [0.15, 0.2) is 16.5 Å². The zero-order valence-electron chi connectivity index (χ0n) is 17.2. The van der Waals surface area contributed by atoms with Crippen molar-refractivity contribution in [3.8, 4) is 0 Å². The van der Waals surface area contributed by atoms with Crippen molar-refractivity contribution in [2.75, 3.05) is 22.5 Å². The molecular formula is C24H18F3N3O2S. The van der Waals surface area contributed by atoms with E-state index in [0.29, 0.717) is 29.1 Å². The molecule has 1 fully saturated rings. The van der Waals surface area contributed by atoms with Gasteiger partial charge in [-0.15, -0.1) is 11.8 Å². The molecule has 3 amide bonds. The molecule has 0 radical (unpaired) electrons. The topological polar surface area (TPSA) is 52.7 Å². The summed E-state index contributed by atoms with van der Waals surface area (Å²) in [5.41, 5.74) is 1.96. The highest BCUT2D eigenvalue weighted by Crippen LogP contribution is 2.54. The van der Waals surface area contributed by atoms with Gasteiger partial charge in [0, 0.05) is 23.5 Å². The second-order valence-electron chi connectivity index (χ2n) is 7.74. The Hall–Kier alpha value is -3.46. The molecule has 0 aromatic heterocycles. The molecule has 9 heteroatoms. The summed E-state index contributed by atoms with van der Waals surface area (Å²) in [6.07, 6.45) is 0. The van der Waals surface area contributed by atoms with Crippen LogP contribution >= 0.6 is 11.8 Å². The Balaban J connectivity index is 1.50. The zero-order chi connectivity index (χ0) is 23.2. The minimum absolute atomic E-state index is 0.0225. The summed E-state index contributed by atoms with van der Waals surface area (Å²) in [5, 5.41) is 2.68. The fourth-order valence-electron chi connectivity index (χ4n) is 4.30. The van der Waals surface area contributed by atoms with Gasteiger partial charge >= 0.3 is 6.03 Å². The van der Waals surface area contributed by atoms with E-state index in [9.17, 15) is 22.8 Å². The van der Waals surface area contributed by atoms with Crippen LogP contribution in [0.5, 0.6) is 0 Å². The largest absolute Gasteiger partial charge is 0.323 e. The van der Waals surface area contributed by atoms with Crippen molar-refractivity contribution in [2.24, 2.45) is 0 Å². The third-order valence-corrected chi connectivity index (χ3v) is 7.17. The lowest BCUT2D eigenvalue weighted by atomic mass is 10.1. The fraction of sp³-hybridized carbons (Fsp3) is 0.167. The average Bonchev–Trinajstić information content (AvgIpc) is 3.34. The van der Waals surface area contributed by atoms with E-state index in [1.165, 1.54) is 45.8 Å². The monoisotopic (exact) mass is 469 g/mol. The van der Waals surface area contributed by atoms with Crippen LogP contribution in [0.2, 0.25) is 0 Å². The molecule has 3 aromatic rings. The number of fused-ring (bicyclic) bond motifs is 2. The SMILES string of the molecule is O=C(Nc1cccc(F)c1)N1CCSC12C(=O)N(Cc1ccc(F)c(F)c1)c1ccccc12. The van der Waals surface area contributed by atoms with Crippen LogP contribution in [0.1, 0.15) is 11.1 Å². The molecule has 1 atom stereocenters. The summed E-state index contributed by atoms with van der Waals surface area (Å²) < 4.78 is 40.7. The smallest absolute Gasteiger partial charge is 0.308 e. The van der Waals surface area contributed by atoms with Crippen molar-refractivity contribution in [2.45, 2.75) is 11.4 Å². The number of hydrogen-bond donors (Lipinski definition) is 1. The maximum atomic E-state index is 13.8. The third kappa shape index (κ3) is 3.52. The summed E-state index contributed by atoms with van der Waals surface area (Å²) >= 11 is 1.34. The van der Waals surface area contributed by atoms with E-state index >= 15 is 0 Å². The Bertz CT molecular complexity index is 1270. The molecule has 1 N–H and O–H groups in total. The van der Waals surface area contributed by atoms with Crippen molar-refractivity contribution in [3.05, 3.63) is 95.3 Å². The first kappa shape index (κ1) is 21.4. The van der Waals surface area contributed by atoms with Crippen molar-refractivity contribution in [3.63, 3.8) is 0 Å². The van der Waals surface area contributed by atoms with Gasteiger partial charge in [-0.3, -0.25) is 9.69 Å². The van der Waals surface area contributed by atoms with Gasteiger partial charge in [-0.2, -0.15) is 0 Å². The first-order valence-electron chi connectivity index (χ1n) is 10.2. The van der Waals surface area contributed by atoms with Gasteiger partial charge in [-0.1, -0.05) is 30.3 Å². The number of benzene rings is 3. The Morgan fingerprint density at radius 3 is 2.61 bits per heavy atom. The summed E-state index contributed by atoms with van der Waals surface area (Å²) in [6.45, 7) is 0.333. The molecule has 3 aromatic carbocycles. The number of nitrogens with one attached hydrogen (secondary N) is 1. The number of hydrogen-bond acceptors (Lipinski definition) is 3. The Morgan fingerprint density at radius 2 is 1.82 bits per heavy atom. The molecule has 2 aliphatic heterocycles. The van der Waals surface area contributed by atoms with Gasteiger partial charge in [-0.25, -0.2) is 18.0 Å². The lowest BCUT2D eigenvalue weighted by molar-refractivity contribution is -0.123. The number of nitrogens with zero attached hydrogens (tertiary/aromatic N) is 2. The Kier molecular flexibility index (Phi) is 5.28. The minimum Gasteiger partial charge on any atom is -0.308 e. The molecular weight excluding hydrogens is 451 g/mol. The van der Waals surface area contributed by atoms with Crippen LogP contribution in [-0.4, -0.2) is 29.1 Å². The van der Waals surface area contributed by atoms with Crippen LogP contribution in [-0.2, 0) is 16.2 Å². The predicted molar refractivity (Wildman–Crippen MR) is 120 cm³/mol. The second-order valence-corrected chi connectivity index (χ2v) is 9.03. The highest BCUT2D eigenvalue weighted by Gasteiger charge is 2.59. The van der Waals surface area contributed by atoms with Crippen LogP contribution < -0.4 is 10.2 Å². The summed E-state index contributed by atoms with van der Waals surface area (Å²) in [6, 6.07) is 15.6. The van der Waals surface area contributed by atoms with E-state index in [-0.39, 0.29) is 18.1 Å². The first-order chi connectivity index (χ1) is 15.9. The van der Waals surface area contributed by atoms with Gasteiger partial charge in [-0.05, 0) is 42.0 Å². The van der Waals surface area contributed by atoms with E-state index in [4.69, 9.17) is 0 Å². The molecule has 2 heterocycles. The van der Waals surface area contributed by atoms with Crippen LogP contribution in [0.15, 0.2) is 66.7 Å². The normalized spacial score (nSPS) is 19.3. The number of para-hydroxylation sites is 1. The van der Waals surface area contributed by atoms with E-state index in [1.54, 1.807) is 30.3 Å². The lowest BCUT2D eigenvalue weighted by Crippen LogP contribution is -2.51. The standard InChI is InChI=1S/C24H18F3N3O2S/c25-16-4-3-5-17(13-16)28-23(32)30-10-11-33-24(30)18-6-1-2-7-21(18)29(22(24)31)14-15-8-9-19(26)20(27)12-15/h1-9,12-13H,10-11,14H2,(H,28,32). The van der Waals surface area contributed by atoms with E-state index < -0.39 is 28.4 Å². The van der Waals surface area contributed by atoms with Crippen LogP contribution in [0.3, 0.4) is 0 Å².